The van der Waals surface area contributed by atoms with Crippen molar-refractivity contribution in [3.8, 4) is 5.75 Å². The van der Waals surface area contributed by atoms with Crippen LogP contribution in [0.25, 0.3) is 0 Å². The third-order valence-electron chi connectivity index (χ3n) is 5.96. The number of nitrogens with one attached hydrogen (secondary N) is 2. The number of hydrogen-bond donors (Lipinski definition) is 2. The number of methoxy groups -OCH3 is 1. The third kappa shape index (κ3) is 5.14. The molecule has 0 heterocycles. The van der Waals surface area contributed by atoms with Crippen molar-refractivity contribution in [1.29, 1.82) is 0 Å². The fourth-order valence-electron chi connectivity index (χ4n) is 4.13. The van der Waals surface area contributed by atoms with Crippen molar-refractivity contribution in [2.24, 2.45) is 0 Å². The van der Waals surface area contributed by atoms with Gasteiger partial charge in [0.25, 0.3) is 0 Å². The van der Waals surface area contributed by atoms with Gasteiger partial charge >= 0.3 is 0 Å². The molecule has 1 aliphatic rings. The van der Waals surface area contributed by atoms with Crippen molar-refractivity contribution in [2.45, 2.75) is 50.5 Å². The quantitative estimate of drug-likeness (QED) is 0.695. The Morgan fingerprint density at radius 1 is 1.07 bits per heavy atom. The van der Waals surface area contributed by atoms with Crippen molar-refractivity contribution in [3.05, 3.63) is 65.7 Å². The summed E-state index contributed by atoms with van der Waals surface area (Å²) in [6.45, 7) is 3.45. The van der Waals surface area contributed by atoms with Crippen LogP contribution < -0.4 is 15.4 Å². The second-order valence-corrected chi connectivity index (χ2v) is 7.85. The van der Waals surface area contributed by atoms with Gasteiger partial charge in [0.1, 0.15) is 5.75 Å². The molecule has 0 saturated heterocycles. The standard InChI is InChI=1S/C24H32N2O2/c1-19(23(27)25-17-14-20-10-12-22(28-2)13-11-20)26-18-24(15-6-7-16-24)21-8-4-3-5-9-21/h3-5,8-13,19,26H,6-7,14-18H2,1-2H3,(H,25,27). The highest BCUT2D eigenvalue weighted by molar-refractivity contribution is 5.81. The second-order valence-electron chi connectivity index (χ2n) is 7.85. The molecule has 4 nitrogen and oxygen atoms in total. The van der Waals surface area contributed by atoms with E-state index < -0.39 is 0 Å². The molecule has 0 spiro atoms. The first kappa shape index (κ1) is 20.4. The van der Waals surface area contributed by atoms with Crippen molar-refractivity contribution in [2.75, 3.05) is 20.2 Å². The van der Waals surface area contributed by atoms with E-state index in [1.165, 1.54) is 36.8 Å². The van der Waals surface area contributed by atoms with Gasteiger partial charge in [0, 0.05) is 18.5 Å². The van der Waals surface area contributed by atoms with Crippen molar-refractivity contribution in [3.63, 3.8) is 0 Å². The molecule has 1 amide bonds. The molecule has 1 unspecified atom stereocenters. The summed E-state index contributed by atoms with van der Waals surface area (Å²) in [7, 11) is 1.66. The lowest BCUT2D eigenvalue weighted by atomic mass is 9.78. The fraction of sp³-hybridized carbons (Fsp3) is 0.458. The summed E-state index contributed by atoms with van der Waals surface area (Å²) in [5, 5.41) is 6.55. The Morgan fingerprint density at radius 2 is 1.75 bits per heavy atom. The zero-order chi connectivity index (χ0) is 19.8. The fourth-order valence-corrected chi connectivity index (χ4v) is 4.13. The van der Waals surface area contributed by atoms with Gasteiger partial charge in [0.05, 0.1) is 13.2 Å². The first-order valence-corrected chi connectivity index (χ1v) is 10.3. The molecule has 0 aromatic heterocycles. The van der Waals surface area contributed by atoms with Crippen LogP contribution in [0.1, 0.15) is 43.7 Å². The minimum Gasteiger partial charge on any atom is -0.497 e. The molecule has 1 atom stereocenters. The summed E-state index contributed by atoms with van der Waals surface area (Å²) >= 11 is 0. The van der Waals surface area contributed by atoms with Crippen LogP contribution in [-0.2, 0) is 16.6 Å². The number of carbonyl (C=O) groups excluding carboxylic acids is 1. The molecule has 150 valence electrons. The lowest BCUT2D eigenvalue weighted by Gasteiger charge is -2.31. The molecule has 2 N–H and O–H groups in total. The topological polar surface area (TPSA) is 50.4 Å². The number of ether oxygens (including phenoxy) is 1. The van der Waals surface area contributed by atoms with Gasteiger partial charge in [0.15, 0.2) is 0 Å². The van der Waals surface area contributed by atoms with Crippen molar-refractivity contribution >= 4 is 5.91 Å². The van der Waals surface area contributed by atoms with Crippen LogP contribution in [0, 0.1) is 0 Å². The Morgan fingerprint density at radius 3 is 2.39 bits per heavy atom. The van der Waals surface area contributed by atoms with Gasteiger partial charge < -0.3 is 15.4 Å². The summed E-state index contributed by atoms with van der Waals surface area (Å²) in [5.74, 6) is 0.916. The van der Waals surface area contributed by atoms with Crippen LogP contribution in [0.3, 0.4) is 0 Å². The Bertz CT molecular complexity index is 737. The average Bonchev–Trinajstić information content (AvgIpc) is 3.23. The SMILES string of the molecule is COc1ccc(CCNC(=O)C(C)NCC2(c3ccccc3)CCCC2)cc1. The van der Waals surface area contributed by atoms with Gasteiger partial charge in [-0.25, -0.2) is 0 Å². The van der Waals surface area contributed by atoms with E-state index in [4.69, 9.17) is 4.74 Å². The van der Waals surface area contributed by atoms with Crippen molar-refractivity contribution < 1.29 is 9.53 Å². The summed E-state index contributed by atoms with van der Waals surface area (Å²) in [6.07, 6.45) is 5.72. The molecule has 1 aliphatic carbocycles. The minimum absolute atomic E-state index is 0.0646. The van der Waals surface area contributed by atoms with Gasteiger partial charge in [-0.3, -0.25) is 4.79 Å². The molecular weight excluding hydrogens is 348 g/mol. The zero-order valence-corrected chi connectivity index (χ0v) is 17.0. The normalized spacial score (nSPS) is 16.5. The van der Waals surface area contributed by atoms with Crippen LogP contribution in [-0.4, -0.2) is 32.1 Å². The van der Waals surface area contributed by atoms with Gasteiger partial charge in [-0.1, -0.05) is 55.3 Å². The largest absolute Gasteiger partial charge is 0.497 e. The highest BCUT2D eigenvalue weighted by Crippen LogP contribution is 2.40. The lowest BCUT2D eigenvalue weighted by Crippen LogP contribution is -2.47. The monoisotopic (exact) mass is 380 g/mol. The van der Waals surface area contributed by atoms with E-state index in [0.29, 0.717) is 6.54 Å². The second kappa shape index (κ2) is 9.74. The maximum absolute atomic E-state index is 12.5. The minimum atomic E-state index is -0.197. The predicted molar refractivity (Wildman–Crippen MR) is 114 cm³/mol. The van der Waals surface area contributed by atoms with E-state index in [0.717, 1.165) is 18.7 Å². The van der Waals surface area contributed by atoms with E-state index in [-0.39, 0.29) is 17.4 Å². The third-order valence-corrected chi connectivity index (χ3v) is 5.96. The van der Waals surface area contributed by atoms with Crippen LogP contribution >= 0.6 is 0 Å². The molecule has 1 saturated carbocycles. The molecule has 0 bridgehead atoms. The summed E-state index contributed by atoms with van der Waals surface area (Å²) < 4.78 is 5.17. The number of benzene rings is 2. The molecule has 3 rings (SSSR count). The van der Waals surface area contributed by atoms with E-state index >= 15 is 0 Å². The Labute approximate surface area is 168 Å². The summed E-state index contributed by atoms with van der Waals surface area (Å²) in [5.41, 5.74) is 2.75. The molecule has 0 aliphatic heterocycles. The molecule has 28 heavy (non-hydrogen) atoms. The Balaban J connectivity index is 1.46. The van der Waals surface area contributed by atoms with Gasteiger partial charge in [-0.05, 0) is 49.4 Å². The highest BCUT2D eigenvalue weighted by Gasteiger charge is 2.35. The molecule has 2 aromatic carbocycles. The lowest BCUT2D eigenvalue weighted by molar-refractivity contribution is -0.122. The molecule has 1 fully saturated rings. The van der Waals surface area contributed by atoms with E-state index in [2.05, 4.69) is 41.0 Å². The summed E-state index contributed by atoms with van der Waals surface area (Å²) in [4.78, 5) is 12.5. The van der Waals surface area contributed by atoms with E-state index in [1.807, 2.05) is 31.2 Å². The Hall–Kier alpha value is -2.33. The summed E-state index contributed by atoms with van der Waals surface area (Å²) in [6, 6.07) is 18.5. The molecule has 4 heteroatoms. The first-order chi connectivity index (χ1) is 13.6. The molecule has 2 aromatic rings. The number of amides is 1. The molecular formula is C24H32N2O2. The number of rotatable bonds is 9. The maximum atomic E-state index is 12.5. The number of hydrogen-bond acceptors (Lipinski definition) is 3. The van der Waals surface area contributed by atoms with Crippen LogP contribution in [0.15, 0.2) is 54.6 Å². The predicted octanol–water partition coefficient (Wildman–Crippen LogP) is 3.84. The number of carbonyl (C=O) groups is 1. The van der Waals surface area contributed by atoms with Crippen LogP contribution in [0.4, 0.5) is 0 Å². The average molecular weight is 381 g/mol. The van der Waals surface area contributed by atoms with E-state index in [9.17, 15) is 4.79 Å². The van der Waals surface area contributed by atoms with Crippen molar-refractivity contribution in [1.82, 2.24) is 10.6 Å². The zero-order valence-electron chi connectivity index (χ0n) is 17.0. The van der Waals surface area contributed by atoms with Gasteiger partial charge in [-0.2, -0.15) is 0 Å². The Kier molecular flexibility index (Phi) is 7.10. The maximum Gasteiger partial charge on any atom is 0.236 e. The van der Waals surface area contributed by atoms with Crippen LogP contribution in [0.5, 0.6) is 5.75 Å². The van der Waals surface area contributed by atoms with Gasteiger partial charge in [-0.15, -0.1) is 0 Å². The van der Waals surface area contributed by atoms with Crippen LogP contribution in [0.2, 0.25) is 0 Å². The molecule has 0 radical (unpaired) electrons. The van der Waals surface area contributed by atoms with Gasteiger partial charge in [0.2, 0.25) is 5.91 Å². The highest BCUT2D eigenvalue weighted by atomic mass is 16.5. The smallest absolute Gasteiger partial charge is 0.236 e. The first-order valence-electron chi connectivity index (χ1n) is 10.3. The van der Waals surface area contributed by atoms with E-state index in [1.54, 1.807) is 7.11 Å².